The van der Waals surface area contributed by atoms with E-state index in [1.807, 2.05) is 78.9 Å². The first-order valence-electron chi connectivity index (χ1n) is 10.7. The van der Waals surface area contributed by atoms with Gasteiger partial charge in [-0.1, -0.05) is 60.7 Å². The van der Waals surface area contributed by atoms with E-state index in [9.17, 15) is 15.0 Å². The number of aliphatic hydroxyl groups is 1. The number of piperidine rings is 1. The highest BCUT2D eigenvalue weighted by atomic mass is 16.5. The van der Waals surface area contributed by atoms with E-state index in [1.54, 1.807) is 0 Å². The lowest BCUT2D eigenvalue weighted by atomic mass is 9.84. The van der Waals surface area contributed by atoms with Crippen LogP contribution in [-0.2, 0) is 18.8 Å². The highest BCUT2D eigenvalue weighted by Gasteiger charge is 2.37. The zero-order chi connectivity index (χ0) is 22.4. The summed E-state index contributed by atoms with van der Waals surface area (Å²) in [6.07, 6.45) is -0.339. The van der Waals surface area contributed by atoms with Gasteiger partial charge in [0, 0.05) is 24.7 Å². The Morgan fingerprint density at radius 3 is 1.97 bits per heavy atom. The van der Waals surface area contributed by atoms with Gasteiger partial charge in [0.25, 0.3) is 0 Å². The van der Waals surface area contributed by atoms with Crippen LogP contribution in [0.2, 0.25) is 0 Å². The Labute approximate surface area is 187 Å². The topological polar surface area (TPSA) is 79.2 Å². The van der Waals surface area contributed by atoms with E-state index in [-0.39, 0.29) is 13.1 Å². The molecule has 32 heavy (non-hydrogen) atoms. The third-order valence-electron chi connectivity index (χ3n) is 5.80. The number of amides is 1. The predicted molar refractivity (Wildman–Crippen MR) is 121 cm³/mol. The summed E-state index contributed by atoms with van der Waals surface area (Å²) in [6, 6.07) is 25.2. The molecule has 4 rings (SSSR count). The van der Waals surface area contributed by atoms with Crippen LogP contribution in [0.15, 0.2) is 78.9 Å². The fourth-order valence-corrected chi connectivity index (χ4v) is 3.91. The number of ether oxygens (including phenoxy) is 2. The fraction of sp³-hybridized carbons (Fsp3) is 0.269. The summed E-state index contributed by atoms with van der Waals surface area (Å²) in [6.45, 7) is 1.33. The van der Waals surface area contributed by atoms with Crippen molar-refractivity contribution in [2.75, 3.05) is 13.1 Å². The molecule has 6 heteroatoms. The molecule has 0 aromatic heterocycles. The van der Waals surface area contributed by atoms with Crippen LogP contribution in [0.25, 0.3) is 0 Å². The maximum absolute atomic E-state index is 11.4. The van der Waals surface area contributed by atoms with E-state index in [0.29, 0.717) is 43.1 Å². The van der Waals surface area contributed by atoms with Crippen molar-refractivity contribution in [1.82, 2.24) is 4.90 Å². The summed E-state index contributed by atoms with van der Waals surface area (Å²) in [4.78, 5) is 12.6. The van der Waals surface area contributed by atoms with Crippen molar-refractivity contribution >= 4 is 6.09 Å². The Bertz CT molecular complexity index is 1030. The van der Waals surface area contributed by atoms with Crippen molar-refractivity contribution in [3.05, 3.63) is 95.6 Å². The van der Waals surface area contributed by atoms with Crippen molar-refractivity contribution in [1.29, 1.82) is 0 Å². The van der Waals surface area contributed by atoms with Crippen LogP contribution in [0.1, 0.15) is 29.5 Å². The predicted octanol–water partition coefficient (Wildman–Crippen LogP) is 4.81. The summed E-state index contributed by atoms with van der Waals surface area (Å²) in [5.74, 6) is 1.19. The molecule has 1 fully saturated rings. The minimum Gasteiger partial charge on any atom is -0.489 e. The van der Waals surface area contributed by atoms with E-state index in [0.717, 1.165) is 11.1 Å². The highest BCUT2D eigenvalue weighted by molar-refractivity contribution is 5.65. The van der Waals surface area contributed by atoms with Crippen molar-refractivity contribution in [3.63, 3.8) is 0 Å². The van der Waals surface area contributed by atoms with E-state index in [4.69, 9.17) is 9.47 Å². The number of nitrogens with zero attached hydrogens (tertiary/aromatic N) is 1. The molecule has 0 atom stereocenters. The average Bonchev–Trinajstić information content (AvgIpc) is 2.83. The van der Waals surface area contributed by atoms with Gasteiger partial charge < -0.3 is 24.6 Å². The maximum Gasteiger partial charge on any atom is 0.407 e. The molecule has 0 bridgehead atoms. The van der Waals surface area contributed by atoms with E-state index in [2.05, 4.69) is 0 Å². The number of benzene rings is 3. The number of hydrogen-bond donors (Lipinski definition) is 2. The fourth-order valence-electron chi connectivity index (χ4n) is 3.91. The monoisotopic (exact) mass is 433 g/mol. The molecule has 3 aromatic rings. The number of rotatable bonds is 7. The molecular weight excluding hydrogens is 406 g/mol. The molecular formula is C26H27NO5. The molecule has 0 aliphatic carbocycles. The van der Waals surface area contributed by atoms with E-state index in [1.165, 1.54) is 4.90 Å². The van der Waals surface area contributed by atoms with Gasteiger partial charge in [-0.25, -0.2) is 4.79 Å². The largest absolute Gasteiger partial charge is 0.489 e. The average molecular weight is 434 g/mol. The third-order valence-corrected chi connectivity index (χ3v) is 5.80. The van der Waals surface area contributed by atoms with Crippen molar-refractivity contribution < 1.29 is 24.5 Å². The Hall–Kier alpha value is -3.51. The van der Waals surface area contributed by atoms with Gasteiger partial charge in [0.05, 0.1) is 5.60 Å². The van der Waals surface area contributed by atoms with Crippen LogP contribution < -0.4 is 9.47 Å². The SMILES string of the molecule is O=C(O)N1CCC(O)(c2ccc(OCc3ccccc3)cc2OCc2ccccc2)CC1. The molecule has 1 aliphatic rings. The van der Waals surface area contributed by atoms with Gasteiger partial charge in [-0.15, -0.1) is 0 Å². The molecule has 0 spiro atoms. The van der Waals surface area contributed by atoms with Gasteiger partial charge in [-0.2, -0.15) is 0 Å². The highest BCUT2D eigenvalue weighted by Crippen LogP contribution is 2.40. The quantitative estimate of drug-likeness (QED) is 0.559. The number of carboxylic acid groups (broad SMARTS) is 1. The second kappa shape index (κ2) is 9.75. The van der Waals surface area contributed by atoms with Gasteiger partial charge >= 0.3 is 6.09 Å². The van der Waals surface area contributed by atoms with Crippen molar-refractivity contribution in [2.45, 2.75) is 31.7 Å². The Morgan fingerprint density at radius 2 is 1.41 bits per heavy atom. The smallest absolute Gasteiger partial charge is 0.407 e. The summed E-state index contributed by atoms with van der Waals surface area (Å²) < 4.78 is 12.1. The number of carbonyl (C=O) groups is 1. The van der Waals surface area contributed by atoms with Crippen LogP contribution in [-0.4, -0.2) is 34.3 Å². The Morgan fingerprint density at radius 1 is 0.844 bits per heavy atom. The summed E-state index contributed by atoms with van der Waals surface area (Å²) in [7, 11) is 0. The molecule has 1 aliphatic heterocycles. The van der Waals surface area contributed by atoms with E-state index >= 15 is 0 Å². The van der Waals surface area contributed by atoms with E-state index < -0.39 is 11.7 Å². The van der Waals surface area contributed by atoms with Gasteiger partial charge in [0.15, 0.2) is 0 Å². The molecule has 1 amide bonds. The van der Waals surface area contributed by atoms with Crippen LogP contribution in [0.3, 0.4) is 0 Å². The molecule has 6 nitrogen and oxygen atoms in total. The molecule has 0 saturated carbocycles. The molecule has 3 aromatic carbocycles. The molecule has 1 saturated heterocycles. The molecule has 0 unspecified atom stereocenters. The third kappa shape index (κ3) is 5.21. The second-order valence-electron chi connectivity index (χ2n) is 8.01. The first-order chi connectivity index (χ1) is 15.5. The van der Waals surface area contributed by atoms with Gasteiger partial charge in [0.1, 0.15) is 24.7 Å². The lowest BCUT2D eigenvalue weighted by molar-refractivity contribution is -0.0233. The van der Waals surface area contributed by atoms with Gasteiger partial charge in [0.2, 0.25) is 0 Å². The van der Waals surface area contributed by atoms with Crippen LogP contribution in [0.4, 0.5) is 4.79 Å². The van der Waals surface area contributed by atoms with Crippen LogP contribution in [0.5, 0.6) is 11.5 Å². The minimum atomic E-state index is -1.16. The zero-order valence-corrected chi connectivity index (χ0v) is 17.8. The summed E-state index contributed by atoms with van der Waals surface area (Å²) in [5.41, 5.74) is 1.57. The number of likely N-dealkylation sites (tertiary alicyclic amines) is 1. The van der Waals surface area contributed by atoms with Crippen molar-refractivity contribution in [2.24, 2.45) is 0 Å². The first kappa shape index (κ1) is 21.7. The number of hydrogen-bond acceptors (Lipinski definition) is 4. The lowest BCUT2D eigenvalue weighted by Crippen LogP contribution is -2.44. The molecule has 0 radical (unpaired) electrons. The standard InChI is InChI=1S/C26H27NO5/c28-25(29)27-15-13-26(30,14-16-27)23-12-11-22(31-18-20-7-3-1-4-8-20)17-24(23)32-19-21-9-5-2-6-10-21/h1-12,17,30H,13-16,18-19H2,(H,28,29). The van der Waals surface area contributed by atoms with Crippen molar-refractivity contribution in [3.8, 4) is 11.5 Å². The maximum atomic E-state index is 11.4. The van der Waals surface area contributed by atoms with Gasteiger partial charge in [-0.05, 0) is 36.1 Å². The Kier molecular flexibility index (Phi) is 6.61. The summed E-state index contributed by atoms with van der Waals surface area (Å²) in [5, 5.41) is 20.6. The first-order valence-corrected chi connectivity index (χ1v) is 10.7. The molecule has 1 heterocycles. The zero-order valence-electron chi connectivity index (χ0n) is 17.8. The lowest BCUT2D eigenvalue weighted by Gasteiger charge is -2.38. The normalized spacial score (nSPS) is 15.2. The summed E-state index contributed by atoms with van der Waals surface area (Å²) >= 11 is 0. The second-order valence-corrected chi connectivity index (χ2v) is 8.01. The minimum absolute atomic E-state index is 0.274. The Balaban J connectivity index is 1.56. The molecule has 2 N–H and O–H groups in total. The molecule has 166 valence electrons. The van der Waals surface area contributed by atoms with Crippen LogP contribution >= 0.6 is 0 Å². The van der Waals surface area contributed by atoms with Crippen LogP contribution in [0, 0.1) is 0 Å². The van der Waals surface area contributed by atoms with Gasteiger partial charge in [-0.3, -0.25) is 0 Å².